The molecule has 3 heterocycles. The van der Waals surface area contributed by atoms with E-state index in [4.69, 9.17) is 9.47 Å². The first-order valence-corrected chi connectivity index (χ1v) is 12.0. The fraction of sp³-hybridized carbons (Fsp3) is 0.375. The average molecular weight is 466 g/mol. The number of hydrogen-bond acceptors (Lipinski definition) is 7. The molecule has 2 aliphatic rings. The summed E-state index contributed by atoms with van der Waals surface area (Å²) in [7, 11) is 0. The molecule has 33 heavy (non-hydrogen) atoms. The van der Waals surface area contributed by atoms with Crippen molar-refractivity contribution in [3.05, 3.63) is 59.4 Å². The van der Waals surface area contributed by atoms with E-state index in [0.717, 1.165) is 55.1 Å². The third-order valence-corrected chi connectivity index (χ3v) is 7.11. The minimum absolute atomic E-state index is 0.136. The number of nitrogens with zero attached hydrogens (tertiary/aromatic N) is 5. The first-order valence-electron chi connectivity index (χ1n) is 11.1. The summed E-state index contributed by atoms with van der Waals surface area (Å²) in [6.45, 7) is 8.47. The molecule has 9 heteroatoms. The highest BCUT2D eigenvalue weighted by Crippen LogP contribution is 2.33. The predicted octanol–water partition coefficient (Wildman–Crippen LogP) is 3.05. The molecule has 2 aliphatic heterocycles. The molecular formula is C24H27N5O3S. The Kier molecular flexibility index (Phi) is 6.24. The van der Waals surface area contributed by atoms with E-state index in [9.17, 15) is 4.79 Å². The Hall–Kier alpha value is -3.04. The van der Waals surface area contributed by atoms with Gasteiger partial charge >= 0.3 is 0 Å². The second kappa shape index (κ2) is 9.44. The van der Waals surface area contributed by atoms with Crippen LogP contribution in [-0.4, -0.2) is 69.2 Å². The van der Waals surface area contributed by atoms with Gasteiger partial charge in [0.1, 0.15) is 6.33 Å². The van der Waals surface area contributed by atoms with Gasteiger partial charge in [-0.25, -0.2) is 0 Å². The molecule has 1 aromatic heterocycles. The molecule has 1 amide bonds. The maximum atomic E-state index is 12.8. The van der Waals surface area contributed by atoms with Gasteiger partial charge in [0, 0.05) is 38.4 Å². The van der Waals surface area contributed by atoms with Gasteiger partial charge in [0.25, 0.3) is 0 Å². The number of rotatable bonds is 6. The van der Waals surface area contributed by atoms with Crippen molar-refractivity contribution in [1.82, 2.24) is 24.6 Å². The molecule has 0 radical (unpaired) electrons. The predicted molar refractivity (Wildman–Crippen MR) is 126 cm³/mol. The molecule has 3 aromatic rings. The van der Waals surface area contributed by atoms with Gasteiger partial charge in [0.05, 0.1) is 5.75 Å². The topological polar surface area (TPSA) is 72.7 Å². The van der Waals surface area contributed by atoms with Crippen LogP contribution in [0.1, 0.15) is 16.7 Å². The van der Waals surface area contributed by atoms with Gasteiger partial charge in [-0.05, 0) is 54.8 Å². The first kappa shape index (κ1) is 21.8. The van der Waals surface area contributed by atoms with Crippen LogP contribution < -0.4 is 9.47 Å². The Morgan fingerprint density at radius 2 is 1.82 bits per heavy atom. The van der Waals surface area contributed by atoms with Gasteiger partial charge in [-0.3, -0.25) is 14.3 Å². The monoisotopic (exact) mass is 465 g/mol. The maximum absolute atomic E-state index is 12.8. The number of ether oxygens (including phenoxy) is 2. The number of carbonyl (C=O) groups excluding carboxylic acids is 1. The second-order valence-electron chi connectivity index (χ2n) is 8.39. The van der Waals surface area contributed by atoms with E-state index >= 15 is 0 Å². The fourth-order valence-electron chi connectivity index (χ4n) is 4.05. The number of amides is 1. The summed E-state index contributed by atoms with van der Waals surface area (Å²) in [5.74, 6) is 2.11. The number of fused-ring (bicyclic) bond motifs is 1. The molecule has 0 unspecified atom stereocenters. The normalized spacial score (nSPS) is 15.8. The smallest absolute Gasteiger partial charge is 0.233 e. The lowest BCUT2D eigenvalue weighted by molar-refractivity contribution is -0.130. The number of hydrogen-bond donors (Lipinski definition) is 0. The lowest BCUT2D eigenvalue weighted by Crippen LogP contribution is -2.48. The zero-order valence-corrected chi connectivity index (χ0v) is 19.7. The molecule has 5 rings (SSSR count). The van der Waals surface area contributed by atoms with Crippen LogP contribution in [0.15, 0.2) is 47.9 Å². The minimum atomic E-state index is 0.136. The van der Waals surface area contributed by atoms with E-state index in [1.807, 2.05) is 21.6 Å². The molecule has 0 bridgehead atoms. The van der Waals surface area contributed by atoms with Crippen molar-refractivity contribution in [3.63, 3.8) is 0 Å². The number of carbonyl (C=O) groups is 1. The van der Waals surface area contributed by atoms with Gasteiger partial charge in [0.15, 0.2) is 16.7 Å². The third kappa shape index (κ3) is 4.84. The molecule has 0 spiro atoms. The van der Waals surface area contributed by atoms with E-state index in [0.29, 0.717) is 12.5 Å². The van der Waals surface area contributed by atoms with Crippen molar-refractivity contribution in [1.29, 1.82) is 0 Å². The van der Waals surface area contributed by atoms with Gasteiger partial charge < -0.3 is 14.4 Å². The second-order valence-corrected chi connectivity index (χ2v) is 9.33. The largest absolute Gasteiger partial charge is 0.454 e. The standard InChI is InChI=1S/C24H27N5O3S/c1-17-3-5-20(11-18(17)2)29-15-25-26-24(29)33-14-23(30)28-9-7-27(8-10-28)13-19-4-6-21-22(12-19)32-16-31-21/h3-6,11-12,15H,7-10,13-14,16H2,1-2H3. The summed E-state index contributed by atoms with van der Waals surface area (Å²) in [6.07, 6.45) is 1.70. The fourth-order valence-corrected chi connectivity index (χ4v) is 4.88. The van der Waals surface area contributed by atoms with Crippen LogP contribution >= 0.6 is 11.8 Å². The van der Waals surface area contributed by atoms with Crippen molar-refractivity contribution < 1.29 is 14.3 Å². The van der Waals surface area contributed by atoms with Crippen LogP contribution in [0.5, 0.6) is 11.5 Å². The van der Waals surface area contributed by atoms with E-state index in [2.05, 4.69) is 53.2 Å². The highest BCUT2D eigenvalue weighted by Gasteiger charge is 2.23. The lowest BCUT2D eigenvalue weighted by atomic mass is 10.1. The zero-order valence-electron chi connectivity index (χ0n) is 18.9. The molecule has 8 nitrogen and oxygen atoms in total. The minimum Gasteiger partial charge on any atom is -0.454 e. The van der Waals surface area contributed by atoms with Crippen molar-refractivity contribution >= 4 is 17.7 Å². The highest BCUT2D eigenvalue weighted by molar-refractivity contribution is 7.99. The van der Waals surface area contributed by atoms with Crippen molar-refractivity contribution in [3.8, 4) is 17.2 Å². The van der Waals surface area contributed by atoms with Crippen LogP contribution in [0.4, 0.5) is 0 Å². The van der Waals surface area contributed by atoms with Crippen LogP contribution in [0.25, 0.3) is 5.69 Å². The van der Waals surface area contributed by atoms with E-state index in [-0.39, 0.29) is 5.91 Å². The van der Waals surface area contributed by atoms with E-state index in [1.165, 1.54) is 28.5 Å². The van der Waals surface area contributed by atoms with Gasteiger partial charge in [-0.15, -0.1) is 10.2 Å². The highest BCUT2D eigenvalue weighted by atomic mass is 32.2. The number of thioether (sulfide) groups is 1. The molecule has 1 saturated heterocycles. The first-order chi connectivity index (χ1) is 16.1. The van der Waals surface area contributed by atoms with Crippen LogP contribution in [0.2, 0.25) is 0 Å². The summed E-state index contributed by atoms with van der Waals surface area (Å²) in [4.78, 5) is 17.1. The van der Waals surface area contributed by atoms with Gasteiger partial charge in [-0.2, -0.15) is 0 Å². The zero-order chi connectivity index (χ0) is 22.8. The van der Waals surface area contributed by atoms with Crippen LogP contribution in [0, 0.1) is 13.8 Å². The Morgan fingerprint density at radius 3 is 2.64 bits per heavy atom. The molecule has 1 fully saturated rings. The number of aryl methyl sites for hydroxylation is 2. The summed E-state index contributed by atoms with van der Waals surface area (Å²) in [5.41, 5.74) is 4.66. The van der Waals surface area contributed by atoms with E-state index in [1.54, 1.807) is 6.33 Å². The van der Waals surface area contributed by atoms with Crippen molar-refractivity contribution in [2.75, 3.05) is 38.7 Å². The number of aromatic nitrogens is 3. The Labute approximate surface area is 197 Å². The summed E-state index contributed by atoms with van der Waals surface area (Å²) < 4.78 is 12.8. The summed E-state index contributed by atoms with van der Waals surface area (Å²) >= 11 is 1.43. The van der Waals surface area contributed by atoms with Gasteiger partial charge in [-0.1, -0.05) is 23.9 Å². The quantitative estimate of drug-likeness (QED) is 0.518. The molecular weight excluding hydrogens is 438 g/mol. The number of benzene rings is 2. The van der Waals surface area contributed by atoms with Crippen LogP contribution in [0.3, 0.4) is 0 Å². The summed E-state index contributed by atoms with van der Waals surface area (Å²) in [5, 5.41) is 9.01. The Morgan fingerprint density at radius 1 is 1.00 bits per heavy atom. The molecule has 172 valence electrons. The van der Waals surface area contributed by atoms with Crippen molar-refractivity contribution in [2.24, 2.45) is 0 Å². The Balaban J connectivity index is 1.13. The maximum Gasteiger partial charge on any atom is 0.233 e. The number of piperazine rings is 1. The van der Waals surface area contributed by atoms with Crippen LogP contribution in [-0.2, 0) is 11.3 Å². The molecule has 0 aliphatic carbocycles. The van der Waals surface area contributed by atoms with Gasteiger partial charge in [0.2, 0.25) is 12.7 Å². The molecule has 2 aromatic carbocycles. The molecule has 0 saturated carbocycles. The Bertz CT molecular complexity index is 1160. The summed E-state index contributed by atoms with van der Waals surface area (Å²) in [6, 6.07) is 12.3. The third-order valence-electron chi connectivity index (χ3n) is 6.18. The average Bonchev–Trinajstić information content (AvgIpc) is 3.49. The molecule has 0 atom stereocenters. The van der Waals surface area contributed by atoms with E-state index < -0.39 is 0 Å². The molecule has 0 N–H and O–H groups in total. The van der Waals surface area contributed by atoms with Crippen molar-refractivity contribution in [2.45, 2.75) is 25.5 Å². The SMILES string of the molecule is Cc1ccc(-n2cnnc2SCC(=O)N2CCN(Cc3ccc4c(c3)OCO4)CC2)cc1C. The lowest BCUT2D eigenvalue weighted by Gasteiger charge is -2.34.